The summed E-state index contributed by atoms with van der Waals surface area (Å²) in [5.41, 5.74) is 0. The largest absolute Gasteiger partial charge is 0.449 e. The van der Waals surface area contributed by atoms with Crippen molar-refractivity contribution in [3.8, 4) is 0 Å². The van der Waals surface area contributed by atoms with Gasteiger partial charge in [0, 0.05) is 20.1 Å². The van der Waals surface area contributed by atoms with Crippen LogP contribution in [-0.2, 0) is 4.74 Å². The molecule has 0 heterocycles. The Bertz CT molecular complexity index is 140. The number of hydrogen-bond acceptors (Lipinski definition) is 3. The number of likely N-dealkylation sites (N-methyl/N-ethyl adjacent to an activating group) is 2. The molecule has 0 saturated carbocycles. The van der Waals surface area contributed by atoms with Crippen LogP contribution < -0.4 is 5.32 Å². The Kier molecular flexibility index (Phi) is 7.39. The summed E-state index contributed by atoms with van der Waals surface area (Å²) in [4.78, 5) is 12.8. The molecule has 0 bridgehead atoms. The van der Waals surface area contributed by atoms with Crippen molar-refractivity contribution in [2.75, 3.05) is 33.8 Å². The van der Waals surface area contributed by atoms with E-state index in [4.69, 9.17) is 4.74 Å². The topological polar surface area (TPSA) is 41.6 Å². The molecular formula is C9H20N2O2. The van der Waals surface area contributed by atoms with Crippen molar-refractivity contribution >= 4 is 6.09 Å². The van der Waals surface area contributed by atoms with E-state index in [1.165, 1.54) is 0 Å². The first-order chi connectivity index (χ1) is 6.22. The molecule has 0 aromatic carbocycles. The fourth-order valence-electron chi connectivity index (χ4n) is 0.785. The molecule has 0 spiro atoms. The van der Waals surface area contributed by atoms with Gasteiger partial charge < -0.3 is 15.0 Å². The number of nitrogens with one attached hydrogen (secondary N) is 1. The third-order valence-electron chi connectivity index (χ3n) is 1.73. The smallest absolute Gasteiger partial charge is 0.409 e. The molecular weight excluding hydrogens is 168 g/mol. The summed E-state index contributed by atoms with van der Waals surface area (Å²) in [5.74, 6) is 0. The van der Waals surface area contributed by atoms with E-state index < -0.39 is 0 Å². The third-order valence-corrected chi connectivity index (χ3v) is 1.73. The van der Waals surface area contributed by atoms with Crippen molar-refractivity contribution in [3.63, 3.8) is 0 Å². The molecule has 13 heavy (non-hydrogen) atoms. The number of ether oxygens (including phenoxy) is 1. The van der Waals surface area contributed by atoms with Crippen molar-refractivity contribution < 1.29 is 9.53 Å². The van der Waals surface area contributed by atoms with E-state index in [-0.39, 0.29) is 6.09 Å². The molecule has 0 aliphatic rings. The number of amides is 1. The maximum atomic E-state index is 11.2. The second-order valence-electron chi connectivity index (χ2n) is 2.99. The van der Waals surface area contributed by atoms with Gasteiger partial charge in [0.1, 0.15) is 0 Å². The highest BCUT2D eigenvalue weighted by Crippen LogP contribution is 1.93. The van der Waals surface area contributed by atoms with Crippen LogP contribution in [0.5, 0.6) is 0 Å². The van der Waals surface area contributed by atoms with Gasteiger partial charge in [-0.1, -0.05) is 13.3 Å². The lowest BCUT2D eigenvalue weighted by molar-refractivity contribution is 0.110. The Morgan fingerprint density at radius 2 is 2.23 bits per heavy atom. The summed E-state index contributed by atoms with van der Waals surface area (Å²) in [5, 5.41) is 2.97. The SMILES string of the molecule is CCCCOC(=O)N(C)CCNC. The van der Waals surface area contributed by atoms with E-state index in [1.54, 1.807) is 11.9 Å². The summed E-state index contributed by atoms with van der Waals surface area (Å²) in [6.07, 6.45) is 1.75. The number of hydrogen-bond donors (Lipinski definition) is 1. The van der Waals surface area contributed by atoms with Crippen LogP contribution in [0.15, 0.2) is 0 Å². The molecule has 0 unspecified atom stereocenters. The second kappa shape index (κ2) is 7.86. The molecule has 4 nitrogen and oxygen atoms in total. The molecule has 0 aromatic rings. The van der Waals surface area contributed by atoms with Crippen LogP contribution in [0.2, 0.25) is 0 Å². The van der Waals surface area contributed by atoms with E-state index in [1.807, 2.05) is 7.05 Å². The van der Waals surface area contributed by atoms with Gasteiger partial charge in [-0.2, -0.15) is 0 Å². The van der Waals surface area contributed by atoms with Gasteiger partial charge >= 0.3 is 6.09 Å². The molecule has 1 N–H and O–H groups in total. The maximum absolute atomic E-state index is 11.2. The maximum Gasteiger partial charge on any atom is 0.409 e. The minimum absolute atomic E-state index is 0.233. The van der Waals surface area contributed by atoms with Crippen LogP contribution in [-0.4, -0.2) is 44.8 Å². The first-order valence-corrected chi connectivity index (χ1v) is 4.74. The summed E-state index contributed by atoms with van der Waals surface area (Å²) in [6, 6.07) is 0. The van der Waals surface area contributed by atoms with Crippen LogP contribution in [0.25, 0.3) is 0 Å². The van der Waals surface area contributed by atoms with Gasteiger partial charge in [-0.15, -0.1) is 0 Å². The normalized spacial score (nSPS) is 9.77. The number of unbranched alkanes of at least 4 members (excludes halogenated alkanes) is 1. The lowest BCUT2D eigenvalue weighted by atomic mass is 10.4. The van der Waals surface area contributed by atoms with Crippen molar-refractivity contribution in [1.29, 1.82) is 0 Å². The Morgan fingerprint density at radius 3 is 2.77 bits per heavy atom. The lowest BCUT2D eigenvalue weighted by Crippen LogP contribution is -2.33. The zero-order valence-electron chi connectivity index (χ0n) is 8.80. The van der Waals surface area contributed by atoms with Crippen LogP contribution in [0.1, 0.15) is 19.8 Å². The standard InChI is InChI=1S/C9H20N2O2/c1-4-5-8-13-9(12)11(3)7-6-10-2/h10H,4-8H2,1-3H3. The molecule has 0 rings (SSSR count). The molecule has 4 heteroatoms. The predicted molar refractivity (Wildman–Crippen MR) is 52.8 cm³/mol. The predicted octanol–water partition coefficient (Wildman–Crippen LogP) is 1.07. The van der Waals surface area contributed by atoms with Crippen LogP contribution >= 0.6 is 0 Å². The van der Waals surface area contributed by atoms with Gasteiger partial charge in [-0.25, -0.2) is 4.79 Å². The van der Waals surface area contributed by atoms with Crippen molar-refractivity contribution in [1.82, 2.24) is 10.2 Å². The van der Waals surface area contributed by atoms with Gasteiger partial charge in [0.25, 0.3) is 0 Å². The second-order valence-corrected chi connectivity index (χ2v) is 2.99. The van der Waals surface area contributed by atoms with E-state index >= 15 is 0 Å². The fraction of sp³-hybridized carbons (Fsp3) is 0.889. The first kappa shape index (κ1) is 12.2. The van der Waals surface area contributed by atoms with Gasteiger partial charge in [0.15, 0.2) is 0 Å². The van der Waals surface area contributed by atoms with Crippen molar-refractivity contribution in [2.24, 2.45) is 0 Å². The monoisotopic (exact) mass is 188 g/mol. The molecule has 0 aromatic heterocycles. The number of carbonyl (C=O) groups is 1. The number of nitrogens with zero attached hydrogens (tertiary/aromatic N) is 1. The molecule has 0 atom stereocenters. The average molecular weight is 188 g/mol. The molecule has 0 fully saturated rings. The molecule has 1 amide bonds. The fourth-order valence-corrected chi connectivity index (χ4v) is 0.785. The summed E-state index contributed by atoms with van der Waals surface area (Å²) in [7, 11) is 3.60. The minimum atomic E-state index is -0.233. The molecule has 78 valence electrons. The van der Waals surface area contributed by atoms with Crippen LogP contribution in [0.3, 0.4) is 0 Å². The quantitative estimate of drug-likeness (QED) is 0.634. The highest BCUT2D eigenvalue weighted by molar-refractivity contribution is 5.67. The van der Waals surface area contributed by atoms with Crippen LogP contribution in [0, 0.1) is 0 Å². The summed E-state index contributed by atoms with van der Waals surface area (Å²) < 4.78 is 5.00. The van der Waals surface area contributed by atoms with Gasteiger partial charge in [-0.3, -0.25) is 0 Å². The van der Waals surface area contributed by atoms with Crippen LogP contribution in [0.4, 0.5) is 4.79 Å². The zero-order chi connectivity index (χ0) is 10.1. The van der Waals surface area contributed by atoms with Crippen molar-refractivity contribution in [3.05, 3.63) is 0 Å². The lowest BCUT2D eigenvalue weighted by Gasteiger charge is -2.16. The van der Waals surface area contributed by atoms with Gasteiger partial charge in [0.05, 0.1) is 6.61 Å². The van der Waals surface area contributed by atoms with E-state index in [0.717, 1.165) is 19.4 Å². The molecule has 0 radical (unpaired) electrons. The zero-order valence-corrected chi connectivity index (χ0v) is 8.80. The Labute approximate surface area is 80.2 Å². The van der Waals surface area contributed by atoms with Gasteiger partial charge in [-0.05, 0) is 13.5 Å². The Balaban J connectivity index is 3.45. The summed E-state index contributed by atoms with van der Waals surface area (Å²) in [6.45, 7) is 4.07. The number of rotatable bonds is 6. The van der Waals surface area contributed by atoms with Crippen molar-refractivity contribution in [2.45, 2.75) is 19.8 Å². The summed E-state index contributed by atoms with van der Waals surface area (Å²) >= 11 is 0. The number of carbonyl (C=O) groups excluding carboxylic acids is 1. The van der Waals surface area contributed by atoms with E-state index in [0.29, 0.717) is 13.2 Å². The highest BCUT2D eigenvalue weighted by Gasteiger charge is 2.07. The highest BCUT2D eigenvalue weighted by atomic mass is 16.6. The molecule has 0 aliphatic carbocycles. The average Bonchev–Trinajstić information content (AvgIpc) is 2.14. The van der Waals surface area contributed by atoms with E-state index in [9.17, 15) is 4.79 Å². The third kappa shape index (κ3) is 6.40. The minimum Gasteiger partial charge on any atom is -0.449 e. The Hall–Kier alpha value is -0.770. The molecule has 0 saturated heterocycles. The van der Waals surface area contributed by atoms with Gasteiger partial charge in [0.2, 0.25) is 0 Å². The van der Waals surface area contributed by atoms with E-state index in [2.05, 4.69) is 12.2 Å². The first-order valence-electron chi connectivity index (χ1n) is 4.74. The molecule has 0 aliphatic heterocycles. The Morgan fingerprint density at radius 1 is 1.54 bits per heavy atom.